The van der Waals surface area contributed by atoms with Crippen molar-refractivity contribution in [1.29, 1.82) is 5.41 Å². The van der Waals surface area contributed by atoms with Gasteiger partial charge in [0.15, 0.2) is 5.96 Å². The molecule has 0 aromatic carbocycles. The summed E-state index contributed by atoms with van der Waals surface area (Å²) in [7, 11) is 0. The van der Waals surface area contributed by atoms with Crippen molar-refractivity contribution in [2.45, 2.75) is 19.3 Å². The van der Waals surface area contributed by atoms with E-state index in [0.29, 0.717) is 0 Å². The van der Waals surface area contributed by atoms with Crippen LogP contribution in [0.2, 0.25) is 0 Å². The van der Waals surface area contributed by atoms with Crippen molar-refractivity contribution in [3.05, 3.63) is 0 Å². The first-order valence-corrected chi connectivity index (χ1v) is 4.53. The number of hydrogen-bond donors (Lipinski definition) is 3. The highest BCUT2D eigenvalue weighted by molar-refractivity contribution is 5.74. The van der Waals surface area contributed by atoms with Crippen molar-refractivity contribution >= 4 is 5.96 Å². The van der Waals surface area contributed by atoms with Crippen molar-refractivity contribution in [3.8, 4) is 0 Å². The summed E-state index contributed by atoms with van der Waals surface area (Å²) >= 11 is 0. The van der Waals surface area contributed by atoms with Crippen molar-refractivity contribution in [3.63, 3.8) is 0 Å². The van der Waals surface area contributed by atoms with Gasteiger partial charge in [-0.1, -0.05) is 0 Å². The van der Waals surface area contributed by atoms with E-state index in [1.54, 1.807) is 0 Å². The van der Waals surface area contributed by atoms with Crippen LogP contribution in [0.15, 0.2) is 0 Å². The molecule has 12 heavy (non-hydrogen) atoms. The lowest BCUT2D eigenvalue weighted by Gasteiger charge is -2.31. The van der Waals surface area contributed by atoms with Crippen LogP contribution < -0.4 is 11.5 Å². The molecule has 0 spiro atoms. The summed E-state index contributed by atoms with van der Waals surface area (Å²) < 4.78 is 0. The van der Waals surface area contributed by atoms with Gasteiger partial charge in [-0.15, -0.1) is 0 Å². The van der Waals surface area contributed by atoms with Crippen LogP contribution in [0, 0.1) is 11.3 Å². The summed E-state index contributed by atoms with van der Waals surface area (Å²) in [6.45, 7) is 2.64. The molecule has 0 saturated carbocycles. The molecule has 1 rings (SSSR count). The number of rotatable bonds is 2. The van der Waals surface area contributed by atoms with E-state index < -0.39 is 0 Å². The number of likely N-dealkylation sites (tertiary alicyclic amines) is 1. The lowest BCUT2D eigenvalue weighted by Crippen LogP contribution is -2.42. The summed E-state index contributed by atoms with van der Waals surface area (Å²) in [6, 6.07) is 0. The van der Waals surface area contributed by atoms with Crippen molar-refractivity contribution in [2.75, 3.05) is 19.6 Å². The van der Waals surface area contributed by atoms with Crippen LogP contribution in [0.4, 0.5) is 0 Å². The summed E-state index contributed by atoms with van der Waals surface area (Å²) in [5.41, 5.74) is 10.8. The van der Waals surface area contributed by atoms with Gasteiger partial charge >= 0.3 is 0 Å². The number of guanidine groups is 1. The third kappa shape index (κ3) is 2.37. The summed E-state index contributed by atoms with van der Waals surface area (Å²) in [5, 5.41) is 7.24. The lowest BCUT2D eigenvalue weighted by molar-refractivity contribution is 0.255. The third-order valence-corrected chi connectivity index (χ3v) is 2.53. The zero-order valence-electron chi connectivity index (χ0n) is 7.42. The third-order valence-electron chi connectivity index (χ3n) is 2.53. The first-order valence-electron chi connectivity index (χ1n) is 4.53. The smallest absolute Gasteiger partial charge is 0.188 e. The molecule has 0 atom stereocenters. The molecule has 0 aromatic heterocycles. The molecule has 1 saturated heterocycles. The van der Waals surface area contributed by atoms with Crippen LogP contribution >= 0.6 is 0 Å². The van der Waals surface area contributed by atoms with Gasteiger partial charge in [-0.25, -0.2) is 0 Å². The highest BCUT2D eigenvalue weighted by atomic mass is 15.2. The monoisotopic (exact) mass is 170 g/mol. The number of nitrogens with one attached hydrogen (secondary N) is 1. The first-order chi connectivity index (χ1) is 5.74. The lowest BCUT2D eigenvalue weighted by atomic mass is 9.94. The van der Waals surface area contributed by atoms with Crippen LogP contribution in [-0.2, 0) is 0 Å². The number of hydrogen-bond acceptors (Lipinski definition) is 2. The van der Waals surface area contributed by atoms with Crippen LogP contribution in [0.1, 0.15) is 19.3 Å². The topological polar surface area (TPSA) is 79.1 Å². The van der Waals surface area contributed by atoms with Gasteiger partial charge in [0.1, 0.15) is 0 Å². The number of piperidine rings is 1. The highest BCUT2D eigenvalue weighted by Gasteiger charge is 2.18. The van der Waals surface area contributed by atoms with Gasteiger partial charge in [-0.2, -0.15) is 0 Å². The maximum absolute atomic E-state index is 7.24. The molecule has 4 nitrogen and oxygen atoms in total. The predicted molar refractivity (Wildman–Crippen MR) is 49.9 cm³/mol. The largest absolute Gasteiger partial charge is 0.370 e. The molecule has 70 valence electrons. The van der Waals surface area contributed by atoms with Crippen LogP contribution in [0.5, 0.6) is 0 Å². The standard InChI is InChI=1S/C8H18N4/c9-4-1-7-2-5-12(6-3-7)8(10)11/h7H,1-6,9H2,(H3,10,11). The molecule has 5 N–H and O–H groups in total. The van der Waals surface area contributed by atoms with Gasteiger partial charge in [-0.3, -0.25) is 5.41 Å². The molecule has 0 radical (unpaired) electrons. The predicted octanol–water partition coefficient (Wildman–Crippen LogP) is -0.0593. The minimum Gasteiger partial charge on any atom is -0.370 e. The fraction of sp³-hybridized carbons (Fsp3) is 0.875. The summed E-state index contributed by atoms with van der Waals surface area (Å²) in [5.74, 6) is 0.965. The summed E-state index contributed by atoms with van der Waals surface area (Å²) in [6.07, 6.45) is 3.39. The van der Waals surface area contributed by atoms with Gasteiger partial charge in [0.25, 0.3) is 0 Å². The van der Waals surface area contributed by atoms with Crippen LogP contribution in [-0.4, -0.2) is 30.5 Å². The molecule has 0 aliphatic carbocycles. The van der Waals surface area contributed by atoms with Gasteiger partial charge in [0.2, 0.25) is 0 Å². The second-order valence-electron chi connectivity index (χ2n) is 3.39. The first kappa shape index (κ1) is 9.32. The normalized spacial score (nSPS) is 19.6. The molecule has 0 unspecified atom stereocenters. The minimum atomic E-state index is 0.209. The quantitative estimate of drug-likeness (QED) is 0.401. The maximum atomic E-state index is 7.24. The summed E-state index contributed by atoms with van der Waals surface area (Å²) in [4.78, 5) is 1.92. The van der Waals surface area contributed by atoms with E-state index in [4.69, 9.17) is 16.9 Å². The molecule has 1 fully saturated rings. The zero-order valence-corrected chi connectivity index (χ0v) is 7.42. The van der Waals surface area contributed by atoms with E-state index in [-0.39, 0.29) is 5.96 Å². The van der Waals surface area contributed by atoms with Crippen LogP contribution in [0.3, 0.4) is 0 Å². The van der Waals surface area contributed by atoms with Crippen molar-refractivity contribution in [1.82, 2.24) is 4.90 Å². The van der Waals surface area contributed by atoms with E-state index in [9.17, 15) is 0 Å². The molecule has 0 amide bonds. The molecule has 1 aliphatic rings. The van der Waals surface area contributed by atoms with E-state index >= 15 is 0 Å². The Morgan fingerprint density at radius 3 is 2.42 bits per heavy atom. The molecular formula is C8H18N4. The maximum Gasteiger partial charge on any atom is 0.188 e. The molecule has 4 heteroatoms. The average Bonchev–Trinajstić information content (AvgIpc) is 2.06. The Hall–Kier alpha value is -0.770. The Morgan fingerprint density at radius 1 is 1.42 bits per heavy atom. The molecule has 0 aromatic rings. The average molecular weight is 170 g/mol. The molecule has 0 bridgehead atoms. The van der Waals surface area contributed by atoms with Crippen molar-refractivity contribution < 1.29 is 0 Å². The van der Waals surface area contributed by atoms with Gasteiger partial charge in [0, 0.05) is 13.1 Å². The highest BCUT2D eigenvalue weighted by Crippen LogP contribution is 2.18. The number of nitrogens with zero attached hydrogens (tertiary/aromatic N) is 1. The van der Waals surface area contributed by atoms with Crippen LogP contribution in [0.25, 0.3) is 0 Å². The van der Waals surface area contributed by atoms with E-state index in [0.717, 1.165) is 44.8 Å². The Balaban J connectivity index is 2.25. The minimum absolute atomic E-state index is 0.209. The number of nitrogens with two attached hydrogens (primary N) is 2. The van der Waals surface area contributed by atoms with Gasteiger partial charge in [-0.05, 0) is 31.7 Å². The van der Waals surface area contributed by atoms with E-state index in [2.05, 4.69) is 0 Å². The fourth-order valence-corrected chi connectivity index (χ4v) is 1.70. The molecule has 1 aliphatic heterocycles. The second-order valence-corrected chi connectivity index (χ2v) is 3.39. The SMILES string of the molecule is N=C(N)N1CCC(CCN)CC1. The Bertz CT molecular complexity index is 149. The Morgan fingerprint density at radius 2 is 2.00 bits per heavy atom. The van der Waals surface area contributed by atoms with E-state index in [1.807, 2.05) is 4.90 Å². The van der Waals surface area contributed by atoms with E-state index in [1.165, 1.54) is 0 Å². The van der Waals surface area contributed by atoms with Gasteiger partial charge < -0.3 is 16.4 Å². The van der Waals surface area contributed by atoms with Gasteiger partial charge in [0.05, 0.1) is 0 Å². The second kappa shape index (κ2) is 4.30. The fourth-order valence-electron chi connectivity index (χ4n) is 1.70. The molecular weight excluding hydrogens is 152 g/mol. The molecule has 1 heterocycles. The van der Waals surface area contributed by atoms with Crippen molar-refractivity contribution in [2.24, 2.45) is 17.4 Å². The Kier molecular flexibility index (Phi) is 3.34. The Labute approximate surface area is 73.4 Å². The zero-order chi connectivity index (χ0) is 8.97.